The summed E-state index contributed by atoms with van der Waals surface area (Å²) in [6.07, 6.45) is -4.64. The smallest absolute Gasteiger partial charge is 0.330 e. The van der Waals surface area contributed by atoms with Crippen molar-refractivity contribution < 1.29 is 31.2 Å². The van der Waals surface area contributed by atoms with E-state index < -0.39 is 50.9 Å². The van der Waals surface area contributed by atoms with E-state index in [1.54, 1.807) is 20.8 Å². The lowest BCUT2D eigenvalue weighted by Gasteiger charge is -2.21. The van der Waals surface area contributed by atoms with Crippen LogP contribution in [-0.2, 0) is 20.8 Å². The molecule has 2 rings (SSSR count). The summed E-state index contributed by atoms with van der Waals surface area (Å²) in [6.45, 7) is 4.37. The largest absolute Gasteiger partial charge is 0.418 e. The number of sulfone groups is 1. The molecule has 0 fully saturated rings. The monoisotopic (exact) mass is 456 g/mol. The Morgan fingerprint density at radius 2 is 1.61 bits per heavy atom. The molecule has 0 saturated carbocycles. The molecule has 0 bridgehead atoms. The first kappa shape index (κ1) is 24.4. The minimum atomic E-state index is -4.64. The Morgan fingerprint density at radius 1 is 1.03 bits per heavy atom. The zero-order valence-electron chi connectivity index (χ0n) is 17.2. The zero-order chi connectivity index (χ0) is 23.4. The van der Waals surface area contributed by atoms with Crippen molar-refractivity contribution in [1.29, 1.82) is 0 Å². The fourth-order valence-corrected chi connectivity index (χ4v) is 3.83. The summed E-state index contributed by atoms with van der Waals surface area (Å²) in [6, 6.07) is 9.88. The Morgan fingerprint density at radius 3 is 2.13 bits per heavy atom. The van der Waals surface area contributed by atoms with Gasteiger partial charge in [-0.3, -0.25) is 9.59 Å². The van der Waals surface area contributed by atoms with Crippen molar-refractivity contribution in [3.05, 3.63) is 59.7 Å². The summed E-state index contributed by atoms with van der Waals surface area (Å²) in [5, 5.41) is 1.58. The van der Waals surface area contributed by atoms with Gasteiger partial charge in [-0.05, 0) is 57.2 Å². The molecule has 0 aliphatic heterocycles. The number of para-hydroxylation sites is 1. The van der Waals surface area contributed by atoms with E-state index in [4.69, 9.17) is 0 Å². The van der Waals surface area contributed by atoms with Gasteiger partial charge < -0.3 is 10.2 Å². The van der Waals surface area contributed by atoms with E-state index in [1.807, 2.05) is 0 Å². The molecule has 2 aromatic rings. The van der Waals surface area contributed by atoms with Crippen molar-refractivity contribution in [3.63, 3.8) is 0 Å². The Balaban J connectivity index is 2.15. The summed E-state index contributed by atoms with van der Waals surface area (Å²) in [5.74, 6) is -1.33. The summed E-state index contributed by atoms with van der Waals surface area (Å²) in [4.78, 5) is 26.2. The minimum absolute atomic E-state index is 0.0728. The second-order valence-electron chi connectivity index (χ2n) is 7.03. The second kappa shape index (κ2) is 9.51. The van der Waals surface area contributed by atoms with Crippen molar-refractivity contribution in [2.24, 2.45) is 0 Å². The number of nitrogens with one attached hydrogen (secondary N) is 1. The summed E-state index contributed by atoms with van der Waals surface area (Å²) < 4.78 is 63.6. The first-order chi connectivity index (χ1) is 14.4. The van der Waals surface area contributed by atoms with Crippen LogP contribution in [0.15, 0.2) is 53.4 Å². The molecule has 0 spiro atoms. The SMILES string of the molecule is CCN(CC(=O)Nc1ccccc1C(F)(F)F)C(=O)c1ccc(S(=O)(=O)C(C)C)cc1. The predicted octanol–water partition coefficient (Wildman–Crippen LogP) is 3.99. The van der Waals surface area contributed by atoms with Crippen molar-refractivity contribution in [3.8, 4) is 0 Å². The van der Waals surface area contributed by atoms with Gasteiger partial charge in [0.1, 0.15) is 6.54 Å². The van der Waals surface area contributed by atoms with E-state index >= 15 is 0 Å². The number of carbonyl (C=O) groups excluding carboxylic acids is 2. The Kier molecular flexibility index (Phi) is 7.48. The molecule has 0 heterocycles. The minimum Gasteiger partial charge on any atom is -0.330 e. The number of rotatable bonds is 7. The van der Waals surface area contributed by atoms with Gasteiger partial charge in [0, 0.05) is 12.1 Å². The average molecular weight is 456 g/mol. The van der Waals surface area contributed by atoms with E-state index in [1.165, 1.54) is 36.4 Å². The molecule has 0 saturated heterocycles. The van der Waals surface area contributed by atoms with Crippen LogP contribution in [0.4, 0.5) is 18.9 Å². The number of likely N-dealkylation sites (N-methyl/N-ethyl adjacent to an activating group) is 1. The molecule has 0 aliphatic carbocycles. The number of nitrogens with zero attached hydrogens (tertiary/aromatic N) is 1. The molecule has 6 nitrogen and oxygen atoms in total. The van der Waals surface area contributed by atoms with Gasteiger partial charge in [-0.25, -0.2) is 8.42 Å². The fourth-order valence-electron chi connectivity index (χ4n) is 2.77. The molecular weight excluding hydrogens is 433 g/mol. The highest BCUT2D eigenvalue weighted by molar-refractivity contribution is 7.92. The van der Waals surface area contributed by atoms with Crippen LogP contribution in [0.2, 0.25) is 0 Å². The summed E-state index contributed by atoms with van der Waals surface area (Å²) in [7, 11) is -3.50. The number of halogens is 3. The van der Waals surface area contributed by atoms with Crippen LogP contribution >= 0.6 is 0 Å². The number of alkyl halides is 3. The van der Waals surface area contributed by atoms with Crippen LogP contribution in [-0.4, -0.2) is 43.5 Å². The topological polar surface area (TPSA) is 83.6 Å². The van der Waals surface area contributed by atoms with Crippen molar-refractivity contribution in [1.82, 2.24) is 4.90 Å². The van der Waals surface area contributed by atoms with E-state index in [0.717, 1.165) is 17.0 Å². The Bertz CT molecular complexity index is 1050. The third kappa shape index (κ3) is 5.84. The lowest BCUT2D eigenvalue weighted by Crippen LogP contribution is -2.38. The van der Waals surface area contributed by atoms with Gasteiger partial charge in [-0.15, -0.1) is 0 Å². The fraction of sp³-hybridized carbons (Fsp3) is 0.333. The molecule has 10 heteroatoms. The molecule has 0 aliphatic rings. The van der Waals surface area contributed by atoms with Gasteiger partial charge in [-0.1, -0.05) is 12.1 Å². The highest BCUT2D eigenvalue weighted by Crippen LogP contribution is 2.34. The van der Waals surface area contributed by atoms with Gasteiger partial charge in [-0.2, -0.15) is 13.2 Å². The molecule has 0 atom stereocenters. The van der Waals surface area contributed by atoms with E-state index in [9.17, 15) is 31.2 Å². The van der Waals surface area contributed by atoms with E-state index in [2.05, 4.69) is 5.32 Å². The van der Waals surface area contributed by atoms with Crippen LogP contribution in [0.5, 0.6) is 0 Å². The lowest BCUT2D eigenvalue weighted by atomic mass is 10.1. The molecule has 0 radical (unpaired) electrons. The lowest BCUT2D eigenvalue weighted by molar-refractivity contribution is -0.137. The third-order valence-electron chi connectivity index (χ3n) is 4.56. The molecule has 1 N–H and O–H groups in total. The molecular formula is C21H23F3N2O4S. The Hall–Kier alpha value is -2.88. The van der Waals surface area contributed by atoms with Crippen molar-refractivity contribution >= 4 is 27.3 Å². The molecule has 31 heavy (non-hydrogen) atoms. The van der Waals surface area contributed by atoms with Crippen LogP contribution in [0.3, 0.4) is 0 Å². The first-order valence-corrected chi connectivity index (χ1v) is 11.0. The quantitative estimate of drug-likeness (QED) is 0.683. The maximum Gasteiger partial charge on any atom is 0.418 e. The number of carbonyl (C=O) groups is 2. The standard InChI is InChI=1S/C21H23F3N2O4S/c1-4-26(13-19(27)25-18-8-6-5-7-17(18)21(22,23)24)20(28)15-9-11-16(12-10-15)31(29,30)14(2)3/h5-12,14H,4,13H2,1-3H3,(H,25,27). The van der Waals surface area contributed by atoms with Gasteiger partial charge in [0.2, 0.25) is 5.91 Å². The predicted molar refractivity (Wildman–Crippen MR) is 110 cm³/mol. The molecule has 168 valence electrons. The number of benzene rings is 2. The van der Waals surface area contributed by atoms with Gasteiger partial charge >= 0.3 is 6.18 Å². The van der Waals surface area contributed by atoms with Crippen LogP contribution in [0.1, 0.15) is 36.7 Å². The molecule has 0 aromatic heterocycles. The molecule has 0 unspecified atom stereocenters. The van der Waals surface area contributed by atoms with Crippen LogP contribution in [0.25, 0.3) is 0 Å². The number of hydrogen-bond donors (Lipinski definition) is 1. The summed E-state index contributed by atoms with van der Waals surface area (Å²) >= 11 is 0. The summed E-state index contributed by atoms with van der Waals surface area (Å²) in [5.41, 5.74) is -1.22. The zero-order valence-corrected chi connectivity index (χ0v) is 18.0. The number of anilines is 1. The first-order valence-electron chi connectivity index (χ1n) is 9.47. The normalized spacial score (nSPS) is 12.0. The second-order valence-corrected chi connectivity index (χ2v) is 9.53. The van der Waals surface area contributed by atoms with Crippen molar-refractivity contribution in [2.75, 3.05) is 18.4 Å². The van der Waals surface area contributed by atoms with Crippen LogP contribution < -0.4 is 5.32 Å². The maximum absolute atomic E-state index is 13.1. The molecule has 2 amide bonds. The molecule has 2 aromatic carbocycles. The maximum atomic E-state index is 13.1. The van der Waals surface area contributed by atoms with Crippen molar-refractivity contribution in [2.45, 2.75) is 37.1 Å². The van der Waals surface area contributed by atoms with Gasteiger partial charge in [0.25, 0.3) is 5.91 Å². The van der Waals surface area contributed by atoms with Gasteiger partial charge in [0.15, 0.2) is 9.84 Å². The van der Waals surface area contributed by atoms with Gasteiger partial charge in [0.05, 0.1) is 21.4 Å². The average Bonchev–Trinajstić information content (AvgIpc) is 2.71. The highest BCUT2D eigenvalue weighted by Gasteiger charge is 2.33. The van der Waals surface area contributed by atoms with Crippen LogP contribution in [0, 0.1) is 0 Å². The van der Waals surface area contributed by atoms with E-state index in [0.29, 0.717) is 0 Å². The number of hydrogen-bond acceptors (Lipinski definition) is 4. The highest BCUT2D eigenvalue weighted by atomic mass is 32.2. The Labute approximate surface area is 179 Å². The van der Waals surface area contributed by atoms with E-state index in [-0.39, 0.29) is 17.0 Å². The number of amides is 2. The third-order valence-corrected chi connectivity index (χ3v) is 6.73.